The van der Waals surface area contributed by atoms with Gasteiger partial charge in [-0.25, -0.2) is 12.1 Å². The van der Waals surface area contributed by atoms with E-state index < -0.39 is 0 Å². The van der Waals surface area contributed by atoms with Crippen LogP contribution < -0.4 is 24.8 Å². The van der Waals surface area contributed by atoms with Gasteiger partial charge >= 0.3 is 26.2 Å². The van der Waals surface area contributed by atoms with Crippen LogP contribution in [0.4, 0.5) is 0 Å². The van der Waals surface area contributed by atoms with E-state index in [1.54, 1.807) is 0 Å². The summed E-state index contributed by atoms with van der Waals surface area (Å²) in [5.74, 6) is 0. The molecule has 26 heavy (non-hydrogen) atoms. The minimum Gasteiger partial charge on any atom is -1.00 e. The minimum absolute atomic E-state index is 0. The predicted molar refractivity (Wildman–Crippen MR) is 110 cm³/mol. The van der Waals surface area contributed by atoms with Gasteiger partial charge in [-0.1, -0.05) is 79.3 Å². The minimum atomic E-state index is 0. The molecule has 2 aromatic carbocycles. The van der Waals surface area contributed by atoms with Crippen molar-refractivity contribution in [2.45, 2.75) is 79.3 Å². The van der Waals surface area contributed by atoms with Gasteiger partial charge < -0.3 is 24.8 Å². The van der Waals surface area contributed by atoms with Crippen molar-refractivity contribution in [2.75, 3.05) is 0 Å². The Morgan fingerprint density at radius 3 is 1.00 bits per heavy atom. The fraction of sp³-hybridized carbons (Fsp3) is 0.545. The van der Waals surface area contributed by atoms with E-state index in [1.807, 2.05) is 0 Å². The van der Waals surface area contributed by atoms with E-state index in [-0.39, 0.29) is 51.0 Å². The average Bonchev–Trinajstić information content (AvgIpc) is 2.97. The topological polar surface area (TPSA) is 0 Å². The summed E-state index contributed by atoms with van der Waals surface area (Å²) in [4.78, 5) is 0. The van der Waals surface area contributed by atoms with Gasteiger partial charge in [-0.15, -0.1) is 0 Å². The normalized spacial score (nSPS) is 9.92. The Kier molecular flexibility index (Phi) is 20.0. The Balaban J connectivity index is -0.000000147. The predicted octanol–water partition coefficient (Wildman–Crippen LogP) is 0.547. The fourth-order valence-electron chi connectivity index (χ4n) is 2.70. The molecule has 0 unspecified atom stereocenters. The van der Waals surface area contributed by atoms with Gasteiger partial charge in [0.1, 0.15) is 0 Å². The molecule has 0 aromatic heterocycles. The molecule has 4 heteroatoms. The molecule has 0 amide bonds. The fourth-order valence-corrected chi connectivity index (χ4v) is 2.70. The van der Waals surface area contributed by atoms with Crippen LogP contribution in [-0.4, -0.2) is 9.52 Å². The quantitative estimate of drug-likeness (QED) is 0.373. The van der Waals surface area contributed by atoms with Crippen LogP contribution in [-0.2, 0) is 37.0 Å². The zero-order valence-corrected chi connectivity index (χ0v) is 23.4. The van der Waals surface area contributed by atoms with Crippen LogP contribution in [0.5, 0.6) is 0 Å². The number of aryl methyl sites for hydroxylation is 2. The molecule has 147 valence electrons. The molecule has 0 fully saturated rings. The van der Waals surface area contributed by atoms with Crippen molar-refractivity contribution < 1.29 is 51.0 Å². The van der Waals surface area contributed by atoms with E-state index in [9.17, 15) is 0 Å². The first kappa shape index (κ1) is 33.9. The first-order valence-electron chi connectivity index (χ1n) is 8.64. The summed E-state index contributed by atoms with van der Waals surface area (Å²) in [6.45, 7) is 22.2. The standard InChI is InChI=1S/2C10H15.C2H7Si.2ClH.Zr/c2*1-8-6-5-7-9(8)10(2,3)4;1-3-2;;;/h2*5-7H,1-4H3;3H,1-2H3;2*1H;/q2*-1;;;;+4/p-2. The molecular formula is C22H37Cl2SiZr. The maximum Gasteiger partial charge on any atom is 4.00 e. The van der Waals surface area contributed by atoms with Crippen molar-refractivity contribution in [1.29, 1.82) is 0 Å². The second kappa shape index (κ2) is 15.3. The molecular weight excluding hydrogens is 454 g/mol. The molecule has 0 saturated heterocycles. The van der Waals surface area contributed by atoms with Crippen LogP contribution >= 0.6 is 0 Å². The SMILES string of the molecule is C[SiH]C.Cc1[cH-]ccc1C(C)(C)C.Cc1[cH-]ccc1C(C)(C)C.[Cl-].[Cl-].[Zr+4]. The van der Waals surface area contributed by atoms with Crippen molar-refractivity contribution in [3.8, 4) is 0 Å². The first-order valence-corrected chi connectivity index (χ1v) is 11.0. The van der Waals surface area contributed by atoms with Gasteiger partial charge in [0.25, 0.3) is 0 Å². The molecule has 0 N–H and O–H groups in total. The molecule has 0 heterocycles. The Labute approximate surface area is 197 Å². The van der Waals surface area contributed by atoms with Crippen LogP contribution in [0, 0.1) is 13.8 Å². The molecule has 0 saturated carbocycles. The molecule has 2 rings (SSSR count). The maximum absolute atomic E-state index is 2.25. The van der Waals surface area contributed by atoms with Crippen molar-refractivity contribution >= 4 is 9.52 Å². The Morgan fingerprint density at radius 2 is 0.923 bits per heavy atom. The van der Waals surface area contributed by atoms with Gasteiger partial charge in [-0.2, -0.15) is 46.5 Å². The molecule has 0 nitrogen and oxygen atoms in total. The van der Waals surface area contributed by atoms with Crippen molar-refractivity contribution in [2.24, 2.45) is 0 Å². The number of hydrogen-bond donors (Lipinski definition) is 0. The second-order valence-electron chi connectivity index (χ2n) is 8.32. The maximum atomic E-state index is 2.25. The summed E-state index contributed by atoms with van der Waals surface area (Å²) in [6, 6.07) is 13.0. The van der Waals surface area contributed by atoms with Crippen LogP contribution in [0.2, 0.25) is 13.1 Å². The van der Waals surface area contributed by atoms with Crippen LogP contribution in [0.1, 0.15) is 63.8 Å². The van der Waals surface area contributed by atoms with Gasteiger partial charge in [-0.3, -0.25) is 0 Å². The van der Waals surface area contributed by atoms with Crippen molar-refractivity contribution in [1.82, 2.24) is 0 Å². The molecule has 0 atom stereocenters. The molecule has 0 spiro atoms. The van der Waals surface area contributed by atoms with E-state index in [1.165, 1.54) is 22.3 Å². The zero-order chi connectivity index (χ0) is 18.3. The summed E-state index contributed by atoms with van der Waals surface area (Å²) in [5, 5.41) is 0. The number of halogens is 2. The smallest absolute Gasteiger partial charge is 1.00 e. The van der Waals surface area contributed by atoms with Gasteiger partial charge in [0.05, 0.1) is 0 Å². The summed E-state index contributed by atoms with van der Waals surface area (Å²) in [7, 11) is 0.750. The molecule has 1 radical (unpaired) electrons. The molecule has 0 bridgehead atoms. The largest absolute Gasteiger partial charge is 4.00 e. The molecule has 2 aromatic rings. The summed E-state index contributed by atoms with van der Waals surface area (Å²) in [6.07, 6.45) is 0. The summed E-state index contributed by atoms with van der Waals surface area (Å²) in [5.41, 5.74) is 6.38. The molecule has 0 aliphatic heterocycles. The number of hydrogen-bond acceptors (Lipinski definition) is 0. The molecule has 0 aliphatic carbocycles. The van der Waals surface area contributed by atoms with Crippen molar-refractivity contribution in [3.63, 3.8) is 0 Å². The zero-order valence-electron chi connectivity index (χ0n) is 18.3. The summed E-state index contributed by atoms with van der Waals surface area (Å²) < 4.78 is 0. The third-order valence-corrected chi connectivity index (χ3v) is 3.68. The van der Waals surface area contributed by atoms with Crippen LogP contribution in [0.25, 0.3) is 0 Å². The molecule has 0 aliphatic rings. The third-order valence-electron chi connectivity index (χ3n) is 3.68. The van der Waals surface area contributed by atoms with E-state index in [2.05, 4.69) is 105 Å². The Bertz CT molecular complexity index is 507. The first-order chi connectivity index (χ1) is 10.4. The van der Waals surface area contributed by atoms with Crippen LogP contribution in [0.3, 0.4) is 0 Å². The van der Waals surface area contributed by atoms with Crippen LogP contribution in [0.15, 0.2) is 36.4 Å². The van der Waals surface area contributed by atoms with Crippen molar-refractivity contribution in [3.05, 3.63) is 58.7 Å². The summed E-state index contributed by atoms with van der Waals surface area (Å²) >= 11 is 0. The Morgan fingerprint density at radius 1 is 0.692 bits per heavy atom. The van der Waals surface area contributed by atoms with E-state index in [0.29, 0.717) is 10.8 Å². The van der Waals surface area contributed by atoms with Gasteiger partial charge in [-0.05, 0) is 0 Å². The second-order valence-corrected chi connectivity index (χ2v) is 9.48. The van der Waals surface area contributed by atoms with E-state index >= 15 is 0 Å². The average molecular weight is 492 g/mol. The Hall–Kier alpha value is 0.380. The van der Waals surface area contributed by atoms with E-state index in [4.69, 9.17) is 0 Å². The van der Waals surface area contributed by atoms with E-state index in [0.717, 1.165) is 9.52 Å². The van der Waals surface area contributed by atoms with Gasteiger partial charge in [0.2, 0.25) is 0 Å². The number of rotatable bonds is 0. The monoisotopic (exact) mass is 489 g/mol. The third kappa shape index (κ3) is 12.7. The van der Waals surface area contributed by atoms with Gasteiger partial charge in [0, 0.05) is 9.52 Å². The van der Waals surface area contributed by atoms with Gasteiger partial charge in [0.15, 0.2) is 0 Å².